The van der Waals surface area contributed by atoms with Crippen molar-refractivity contribution >= 4 is 67.5 Å². The van der Waals surface area contributed by atoms with E-state index in [1.54, 1.807) is 6.08 Å². The smallest absolute Gasteiger partial charge is 0.259 e. The Morgan fingerprint density at radius 3 is 2.89 bits per heavy atom. The molecular formula is C17H19N5O2S4. The van der Waals surface area contributed by atoms with Crippen molar-refractivity contribution in [1.82, 2.24) is 20.2 Å². The Balaban J connectivity index is 1.60. The van der Waals surface area contributed by atoms with Gasteiger partial charge in [-0.3, -0.25) is 14.9 Å². The molecule has 7 nitrogen and oxygen atoms in total. The third-order valence-electron chi connectivity index (χ3n) is 3.89. The van der Waals surface area contributed by atoms with E-state index in [4.69, 9.17) is 0 Å². The number of thioether (sulfide) groups is 2. The molecule has 148 valence electrons. The number of thiophene rings is 1. The minimum absolute atomic E-state index is 0.127. The lowest BCUT2D eigenvalue weighted by molar-refractivity contribution is -0.115. The average molecular weight is 454 g/mol. The van der Waals surface area contributed by atoms with Crippen LogP contribution in [-0.2, 0) is 10.5 Å². The minimum Gasteiger partial charge on any atom is -0.309 e. The summed E-state index contributed by atoms with van der Waals surface area (Å²) in [6.45, 7) is 9.39. The van der Waals surface area contributed by atoms with E-state index in [0.717, 1.165) is 25.4 Å². The second-order valence-electron chi connectivity index (χ2n) is 5.89. The van der Waals surface area contributed by atoms with Crippen LogP contribution in [-0.4, -0.2) is 37.1 Å². The van der Waals surface area contributed by atoms with Gasteiger partial charge in [0.05, 0.1) is 16.4 Å². The molecule has 0 spiro atoms. The SMILES string of the molecule is C=CCSc1nnc(NC(=O)[C@@H](C)SCc2nc3sc(C)c(C)c3c(=O)[nH]2)s1. The van der Waals surface area contributed by atoms with E-state index in [1.165, 1.54) is 46.2 Å². The van der Waals surface area contributed by atoms with Gasteiger partial charge >= 0.3 is 0 Å². The van der Waals surface area contributed by atoms with Crippen LogP contribution in [0.2, 0.25) is 0 Å². The number of H-pyrrole nitrogens is 1. The van der Waals surface area contributed by atoms with E-state index < -0.39 is 0 Å². The number of carbonyl (C=O) groups is 1. The summed E-state index contributed by atoms with van der Waals surface area (Å²) in [5.41, 5.74) is 0.848. The Bertz CT molecular complexity index is 1070. The maximum absolute atomic E-state index is 12.4. The Morgan fingerprint density at radius 1 is 1.36 bits per heavy atom. The van der Waals surface area contributed by atoms with Gasteiger partial charge in [-0.1, -0.05) is 29.2 Å². The van der Waals surface area contributed by atoms with Crippen LogP contribution in [0.3, 0.4) is 0 Å². The number of aromatic amines is 1. The summed E-state index contributed by atoms with van der Waals surface area (Å²) in [6, 6.07) is 0. The van der Waals surface area contributed by atoms with Gasteiger partial charge in [0.25, 0.3) is 5.56 Å². The van der Waals surface area contributed by atoms with Gasteiger partial charge in [0.2, 0.25) is 11.0 Å². The van der Waals surface area contributed by atoms with Crippen LogP contribution in [0.25, 0.3) is 10.2 Å². The van der Waals surface area contributed by atoms with E-state index >= 15 is 0 Å². The molecule has 0 aliphatic carbocycles. The van der Waals surface area contributed by atoms with Crippen molar-refractivity contribution in [1.29, 1.82) is 0 Å². The third-order valence-corrected chi connectivity index (χ3v) is 8.11. The van der Waals surface area contributed by atoms with Crippen LogP contribution >= 0.6 is 46.2 Å². The number of anilines is 1. The number of hydrogen-bond acceptors (Lipinski definition) is 9. The molecule has 3 rings (SSSR count). The molecule has 0 aliphatic rings. The first-order valence-electron chi connectivity index (χ1n) is 8.37. The Hall–Kier alpha value is -1.69. The van der Waals surface area contributed by atoms with Gasteiger partial charge in [-0.15, -0.1) is 39.9 Å². The number of carbonyl (C=O) groups excluding carboxylic acids is 1. The monoisotopic (exact) mass is 453 g/mol. The molecule has 3 aromatic heterocycles. The fraction of sp³-hybridized carbons (Fsp3) is 0.353. The summed E-state index contributed by atoms with van der Waals surface area (Å²) in [5.74, 6) is 1.59. The highest BCUT2D eigenvalue weighted by Crippen LogP contribution is 2.28. The number of aryl methyl sites for hydroxylation is 2. The maximum atomic E-state index is 12.4. The molecule has 0 saturated heterocycles. The predicted octanol–water partition coefficient (Wildman–Crippen LogP) is 3.99. The fourth-order valence-corrected chi connectivity index (χ4v) is 5.62. The van der Waals surface area contributed by atoms with Gasteiger partial charge in [0, 0.05) is 10.6 Å². The van der Waals surface area contributed by atoms with Crippen molar-refractivity contribution in [2.75, 3.05) is 11.1 Å². The van der Waals surface area contributed by atoms with Gasteiger partial charge in [0.1, 0.15) is 10.7 Å². The standard InChI is InChI=1S/C17H19N5O2S4/c1-5-6-25-17-22-21-16(28-17)20-13(23)10(4)26-7-11-18-14(24)12-8(2)9(3)27-15(12)19-11/h5,10H,1,6-7H2,2-4H3,(H,18,19,24)(H,20,21,23)/t10-/m1/s1. The lowest BCUT2D eigenvalue weighted by atomic mass is 10.2. The number of hydrogen-bond donors (Lipinski definition) is 2. The first kappa shape index (κ1) is 21.0. The molecule has 0 radical (unpaired) electrons. The molecule has 0 fully saturated rings. The molecule has 3 aromatic rings. The second-order valence-corrected chi connectivity index (χ2v) is 10.7. The van der Waals surface area contributed by atoms with Gasteiger partial charge < -0.3 is 4.98 Å². The van der Waals surface area contributed by atoms with Crippen LogP contribution in [0.5, 0.6) is 0 Å². The molecule has 3 heterocycles. The van der Waals surface area contributed by atoms with Gasteiger partial charge in [-0.05, 0) is 26.3 Å². The molecule has 1 amide bonds. The highest BCUT2D eigenvalue weighted by Gasteiger charge is 2.18. The first-order valence-corrected chi connectivity index (χ1v) is 12.0. The third kappa shape index (κ3) is 4.83. The van der Waals surface area contributed by atoms with Crippen molar-refractivity contribution in [2.45, 2.75) is 36.1 Å². The van der Waals surface area contributed by atoms with Crippen molar-refractivity contribution in [3.8, 4) is 0 Å². The zero-order valence-electron chi connectivity index (χ0n) is 15.6. The summed E-state index contributed by atoms with van der Waals surface area (Å²) in [6.07, 6.45) is 1.79. The summed E-state index contributed by atoms with van der Waals surface area (Å²) in [4.78, 5) is 33.9. The van der Waals surface area contributed by atoms with Crippen molar-refractivity contribution < 1.29 is 4.79 Å². The zero-order chi connectivity index (χ0) is 20.3. The Kier molecular flexibility index (Phi) is 6.91. The Labute approximate surface area is 178 Å². The molecule has 11 heteroatoms. The minimum atomic E-state index is -0.332. The molecule has 0 aliphatic heterocycles. The van der Waals surface area contributed by atoms with Gasteiger partial charge in [-0.25, -0.2) is 4.98 Å². The quantitative estimate of drug-likeness (QED) is 0.302. The molecule has 0 aromatic carbocycles. The van der Waals surface area contributed by atoms with Crippen LogP contribution in [0.4, 0.5) is 5.13 Å². The summed E-state index contributed by atoms with van der Waals surface area (Å²) < 4.78 is 0.784. The largest absolute Gasteiger partial charge is 0.309 e. The summed E-state index contributed by atoms with van der Waals surface area (Å²) in [7, 11) is 0. The molecule has 0 bridgehead atoms. The summed E-state index contributed by atoms with van der Waals surface area (Å²) in [5, 5.41) is 11.6. The average Bonchev–Trinajstić information content (AvgIpc) is 3.22. The molecule has 28 heavy (non-hydrogen) atoms. The van der Waals surface area contributed by atoms with E-state index in [1.807, 2.05) is 20.8 Å². The number of nitrogens with zero attached hydrogens (tertiary/aromatic N) is 3. The number of fused-ring (bicyclic) bond motifs is 1. The van der Waals surface area contributed by atoms with E-state index in [-0.39, 0.29) is 16.7 Å². The van der Waals surface area contributed by atoms with Crippen LogP contribution in [0.15, 0.2) is 21.8 Å². The molecule has 1 atom stereocenters. The van der Waals surface area contributed by atoms with Gasteiger partial charge in [-0.2, -0.15) is 0 Å². The number of rotatable bonds is 8. The Morgan fingerprint density at radius 2 is 2.14 bits per heavy atom. The topological polar surface area (TPSA) is 101 Å². The molecule has 0 saturated carbocycles. The predicted molar refractivity (Wildman–Crippen MR) is 120 cm³/mol. The lowest BCUT2D eigenvalue weighted by Gasteiger charge is -2.09. The van der Waals surface area contributed by atoms with E-state index in [9.17, 15) is 9.59 Å². The highest BCUT2D eigenvalue weighted by molar-refractivity contribution is 8.01. The molecule has 0 unspecified atom stereocenters. The lowest BCUT2D eigenvalue weighted by Crippen LogP contribution is -2.23. The number of aromatic nitrogens is 4. The highest BCUT2D eigenvalue weighted by atomic mass is 32.2. The molecule has 2 N–H and O–H groups in total. The zero-order valence-corrected chi connectivity index (χ0v) is 18.8. The normalized spacial score (nSPS) is 12.2. The number of nitrogens with one attached hydrogen (secondary N) is 2. The summed E-state index contributed by atoms with van der Waals surface area (Å²) >= 11 is 5.77. The second kappa shape index (κ2) is 9.21. The van der Waals surface area contributed by atoms with E-state index in [0.29, 0.717) is 22.1 Å². The van der Waals surface area contributed by atoms with Crippen LogP contribution in [0, 0.1) is 13.8 Å². The van der Waals surface area contributed by atoms with Crippen molar-refractivity contribution in [3.63, 3.8) is 0 Å². The van der Waals surface area contributed by atoms with E-state index in [2.05, 4.69) is 32.1 Å². The van der Waals surface area contributed by atoms with Gasteiger partial charge in [0.15, 0.2) is 4.34 Å². The van der Waals surface area contributed by atoms with Crippen LogP contribution in [0.1, 0.15) is 23.2 Å². The molecular weight excluding hydrogens is 434 g/mol. The van der Waals surface area contributed by atoms with Crippen LogP contribution < -0.4 is 10.9 Å². The maximum Gasteiger partial charge on any atom is 0.259 e. The number of amides is 1. The van der Waals surface area contributed by atoms with Crippen molar-refractivity contribution in [3.05, 3.63) is 39.3 Å². The first-order chi connectivity index (χ1) is 13.4. The van der Waals surface area contributed by atoms with Crippen molar-refractivity contribution in [2.24, 2.45) is 0 Å². The fourth-order valence-electron chi connectivity index (χ4n) is 2.30.